The first kappa shape index (κ1) is 19.0. The first-order valence-corrected chi connectivity index (χ1v) is 9.42. The zero-order chi connectivity index (χ0) is 19.2. The molecule has 1 amide bonds. The van der Waals surface area contributed by atoms with Crippen LogP contribution in [0.5, 0.6) is 5.75 Å². The lowest BCUT2D eigenvalue weighted by atomic mass is 10.3. The largest absolute Gasteiger partial charge is 0.508 e. The summed E-state index contributed by atoms with van der Waals surface area (Å²) in [5.41, 5.74) is 2.43. The molecule has 0 atom stereocenters. The van der Waals surface area contributed by atoms with Crippen LogP contribution in [-0.2, 0) is 4.79 Å². The van der Waals surface area contributed by atoms with E-state index in [9.17, 15) is 9.90 Å². The van der Waals surface area contributed by atoms with Crippen molar-refractivity contribution in [1.82, 2.24) is 9.97 Å². The summed E-state index contributed by atoms with van der Waals surface area (Å²) in [6.45, 7) is 1.95. The number of carbonyl (C=O) groups excluding carboxylic acids is 1. The maximum atomic E-state index is 11.3. The molecule has 0 spiro atoms. The summed E-state index contributed by atoms with van der Waals surface area (Å²) in [4.78, 5) is 21.2. The first-order valence-electron chi connectivity index (χ1n) is 8.07. The molecule has 1 aromatic heterocycles. The van der Waals surface area contributed by atoms with Crippen LogP contribution in [0.1, 0.15) is 5.56 Å². The van der Waals surface area contributed by atoms with E-state index in [0.717, 1.165) is 21.2 Å². The maximum absolute atomic E-state index is 11.3. The second kappa shape index (κ2) is 8.75. The highest BCUT2D eigenvalue weighted by molar-refractivity contribution is 7.99. The number of nitrogens with zero attached hydrogens (tertiary/aromatic N) is 2. The summed E-state index contributed by atoms with van der Waals surface area (Å²) < 4.78 is 0. The first-order chi connectivity index (χ1) is 13.0. The lowest BCUT2D eigenvalue weighted by Crippen LogP contribution is -2.12. The molecule has 0 bridgehead atoms. The number of aromatic nitrogens is 2. The molecule has 0 aliphatic rings. The van der Waals surface area contributed by atoms with Crippen LogP contribution in [0.15, 0.2) is 64.6 Å². The molecule has 0 saturated heterocycles. The van der Waals surface area contributed by atoms with Gasteiger partial charge in [0.2, 0.25) is 11.9 Å². The Morgan fingerprint density at radius 3 is 2.44 bits per heavy atom. The fraction of sp³-hybridized carbons (Fsp3) is 0.105. The smallest absolute Gasteiger partial charge is 0.239 e. The van der Waals surface area contributed by atoms with E-state index < -0.39 is 0 Å². The van der Waals surface area contributed by atoms with Crippen molar-refractivity contribution in [3.05, 3.63) is 60.3 Å². The number of alkyl halides is 1. The molecule has 3 rings (SSSR count). The van der Waals surface area contributed by atoms with Crippen LogP contribution >= 0.6 is 23.4 Å². The Labute approximate surface area is 166 Å². The topological polar surface area (TPSA) is 87.1 Å². The van der Waals surface area contributed by atoms with E-state index in [2.05, 4.69) is 20.6 Å². The van der Waals surface area contributed by atoms with Gasteiger partial charge in [-0.1, -0.05) is 11.8 Å². The van der Waals surface area contributed by atoms with Crippen molar-refractivity contribution in [2.75, 3.05) is 16.5 Å². The molecule has 0 aliphatic heterocycles. The molecule has 0 aliphatic carbocycles. The summed E-state index contributed by atoms with van der Waals surface area (Å²) in [5, 5.41) is 16.0. The maximum Gasteiger partial charge on any atom is 0.239 e. The van der Waals surface area contributed by atoms with Crippen LogP contribution in [0.3, 0.4) is 0 Å². The van der Waals surface area contributed by atoms with Crippen molar-refractivity contribution in [3.8, 4) is 5.75 Å². The number of hydrogen-bond donors (Lipinski definition) is 3. The van der Waals surface area contributed by atoms with Crippen molar-refractivity contribution in [1.29, 1.82) is 0 Å². The molecule has 0 unspecified atom stereocenters. The highest BCUT2D eigenvalue weighted by Gasteiger charge is 2.08. The van der Waals surface area contributed by atoms with Crippen LogP contribution in [0, 0.1) is 6.92 Å². The van der Waals surface area contributed by atoms with Gasteiger partial charge >= 0.3 is 0 Å². The van der Waals surface area contributed by atoms with E-state index in [0.29, 0.717) is 11.6 Å². The summed E-state index contributed by atoms with van der Waals surface area (Å²) in [6.07, 6.45) is 1.76. The summed E-state index contributed by atoms with van der Waals surface area (Å²) in [7, 11) is 0. The van der Waals surface area contributed by atoms with Crippen LogP contribution in [0.2, 0.25) is 0 Å². The number of nitrogens with one attached hydrogen (secondary N) is 2. The Kier molecular flexibility index (Phi) is 6.16. The standard InChI is InChI=1S/C19H17ClN4O2S/c1-12-11-21-19(23-14-2-6-15(25)7-3-14)24-18(12)27-16-8-4-13(5-9-16)22-17(26)10-20/h2-9,11,25H,10H2,1H3,(H,22,26)(H,21,23,24). The Morgan fingerprint density at radius 1 is 1.11 bits per heavy atom. The average molecular weight is 401 g/mol. The van der Waals surface area contributed by atoms with Crippen LogP contribution < -0.4 is 10.6 Å². The Balaban J connectivity index is 1.72. The number of halogens is 1. The van der Waals surface area contributed by atoms with Gasteiger partial charge in [-0.15, -0.1) is 11.6 Å². The van der Waals surface area contributed by atoms with Gasteiger partial charge < -0.3 is 15.7 Å². The monoisotopic (exact) mass is 400 g/mol. The highest BCUT2D eigenvalue weighted by Crippen LogP contribution is 2.30. The SMILES string of the molecule is Cc1cnc(Nc2ccc(O)cc2)nc1Sc1ccc(NC(=O)CCl)cc1. The van der Waals surface area contributed by atoms with Gasteiger partial charge in [0.15, 0.2) is 0 Å². The van der Waals surface area contributed by atoms with Gasteiger partial charge in [-0.25, -0.2) is 9.97 Å². The zero-order valence-electron chi connectivity index (χ0n) is 14.4. The normalized spacial score (nSPS) is 10.4. The number of benzene rings is 2. The highest BCUT2D eigenvalue weighted by atomic mass is 35.5. The van der Waals surface area contributed by atoms with Gasteiger partial charge in [0.05, 0.1) is 0 Å². The van der Waals surface area contributed by atoms with Crippen molar-refractivity contribution in [3.63, 3.8) is 0 Å². The number of phenolic OH excluding ortho intramolecular Hbond substituents is 1. The third-order valence-electron chi connectivity index (χ3n) is 3.52. The fourth-order valence-corrected chi connectivity index (χ4v) is 3.08. The minimum absolute atomic E-state index is 0.0760. The number of rotatable bonds is 6. The number of aryl methyl sites for hydroxylation is 1. The molecule has 3 N–H and O–H groups in total. The summed E-state index contributed by atoms with van der Waals surface area (Å²) >= 11 is 6.99. The van der Waals surface area contributed by atoms with Crippen molar-refractivity contribution in [2.45, 2.75) is 16.8 Å². The van der Waals surface area contributed by atoms with E-state index in [1.807, 2.05) is 31.2 Å². The van der Waals surface area contributed by atoms with E-state index >= 15 is 0 Å². The quantitative estimate of drug-likeness (QED) is 0.319. The molecular weight excluding hydrogens is 384 g/mol. The Morgan fingerprint density at radius 2 is 1.78 bits per heavy atom. The molecule has 8 heteroatoms. The van der Waals surface area contributed by atoms with E-state index in [-0.39, 0.29) is 17.5 Å². The lowest BCUT2D eigenvalue weighted by Gasteiger charge is -2.09. The number of phenols is 1. The molecule has 3 aromatic rings. The third-order valence-corrected chi connectivity index (χ3v) is 4.88. The molecule has 27 heavy (non-hydrogen) atoms. The molecule has 0 radical (unpaired) electrons. The molecule has 6 nitrogen and oxygen atoms in total. The molecule has 138 valence electrons. The third kappa shape index (κ3) is 5.35. The van der Waals surface area contributed by atoms with E-state index in [1.165, 1.54) is 11.8 Å². The average Bonchev–Trinajstić information content (AvgIpc) is 2.67. The van der Waals surface area contributed by atoms with Crippen molar-refractivity contribution in [2.24, 2.45) is 0 Å². The predicted molar refractivity (Wildman–Crippen MR) is 108 cm³/mol. The second-order valence-corrected chi connectivity index (χ2v) is 6.99. The number of anilines is 3. The molecular formula is C19H17ClN4O2S. The van der Waals surface area contributed by atoms with E-state index in [4.69, 9.17) is 11.6 Å². The molecule has 1 heterocycles. The minimum atomic E-state index is -0.242. The van der Waals surface area contributed by atoms with Crippen LogP contribution in [-0.4, -0.2) is 26.9 Å². The molecule has 2 aromatic carbocycles. The number of aromatic hydroxyl groups is 1. The summed E-state index contributed by atoms with van der Waals surface area (Å²) in [5.74, 6) is 0.355. The predicted octanol–water partition coefficient (Wildman–Crippen LogP) is 4.56. The van der Waals surface area contributed by atoms with Crippen molar-refractivity contribution >= 4 is 46.6 Å². The van der Waals surface area contributed by atoms with E-state index in [1.54, 1.807) is 30.5 Å². The van der Waals surface area contributed by atoms with Crippen LogP contribution in [0.25, 0.3) is 0 Å². The molecule has 0 fully saturated rings. The van der Waals surface area contributed by atoms with Crippen molar-refractivity contribution < 1.29 is 9.90 Å². The van der Waals surface area contributed by atoms with Gasteiger partial charge in [-0.3, -0.25) is 4.79 Å². The summed E-state index contributed by atoms with van der Waals surface area (Å²) in [6, 6.07) is 14.1. The van der Waals surface area contributed by atoms with Gasteiger partial charge in [-0.05, 0) is 55.5 Å². The van der Waals surface area contributed by atoms with Gasteiger partial charge in [0, 0.05) is 28.0 Å². The number of hydrogen-bond acceptors (Lipinski definition) is 6. The number of carbonyl (C=O) groups is 1. The van der Waals surface area contributed by atoms with Gasteiger partial charge in [0.1, 0.15) is 16.7 Å². The van der Waals surface area contributed by atoms with Gasteiger partial charge in [-0.2, -0.15) is 0 Å². The Hall–Kier alpha value is -2.77. The number of amides is 1. The lowest BCUT2D eigenvalue weighted by molar-refractivity contribution is -0.113. The molecule has 0 saturated carbocycles. The zero-order valence-corrected chi connectivity index (χ0v) is 16.0. The van der Waals surface area contributed by atoms with Crippen LogP contribution in [0.4, 0.5) is 17.3 Å². The second-order valence-electron chi connectivity index (χ2n) is 5.66. The Bertz CT molecular complexity index is 933. The van der Waals surface area contributed by atoms with Gasteiger partial charge in [0.25, 0.3) is 0 Å². The minimum Gasteiger partial charge on any atom is -0.508 e. The fourth-order valence-electron chi connectivity index (χ4n) is 2.18.